The Kier molecular flexibility index (Phi) is 7.86. The summed E-state index contributed by atoms with van der Waals surface area (Å²) in [5.74, 6) is -0.417. The number of rotatable bonds is 10. The van der Waals surface area contributed by atoms with Crippen LogP contribution in [0.4, 0.5) is 0 Å². The van der Waals surface area contributed by atoms with Gasteiger partial charge < -0.3 is 15.0 Å². The Labute approximate surface area is 216 Å². The molecule has 1 N–H and O–H groups in total. The van der Waals surface area contributed by atoms with Crippen molar-refractivity contribution in [1.29, 1.82) is 0 Å². The first-order chi connectivity index (χ1) is 18.2. The number of carbonyl (C=O) groups excluding carboxylic acids is 2. The number of benzene rings is 3. The summed E-state index contributed by atoms with van der Waals surface area (Å²) >= 11 is 0. The minimum atomic E-state index is -0.784. The number of nitrogens with zero attached hydrogens (tertiary/aromatic N) is 4. The van der Waals surface area contributed by atoms with Crippen LogP contribution in [0.5, 0.6) is 0 Å². The summed E-state index contributed by atoms with van der Waals surface area (Å²) in [6.07, 6.45) is 2.55. The third-order valence-electron chi connectivity index (χ3n) is 6.71. The van der Waals surface area contributed by atoms with Gasteiger partial charge in [-0.05, 0) is 42.5 Å². The van der Waals surface area contributed by atoms with Crippen LogP contribution in [0.3, 0.4) is 0 Å². The van der Waals surface area contributed by atoms with Crippen molar-refractivity contribution in [3.8, 4) is 0 Å². The van der Waals surface area contributed by atoms with E-state index in [-0.39, 0.29) is 24.5 Å². The molecule has 37 heavy (non-hydrogen) atoms. The van der Waals surface area contributed by atoms with Gasteiger partial charge in [-0.15, -0.1) is 5.10 Å². The molecule has 1 saturated heterocycles. The molecule has 1 fully saturated rings. The molecule has 0 spiro atoms. The predicted molar refractivity (Wildman–Crippen MR) is 141 cm³/mol. The normalized spacial score (nSPS) is 15.9. The molecule has 0 bridgehead atoms. The van der Waals surface area contributed by atoms with Crippen molar-refractivity contribution in [3.05, 3.63) is 96.1 Å². The van der Waals surface area contributed by atoms with Crippen molar-refractivity contribution >= 4 is 22.8 Å². The second kappa shape index (κ2) is 11.8. The van der Waals surface area contributed by atoms with Crippen molar-refractivity contribution in [2.24, 2.45) is 0 Å². The molecule has 0 aliphatic carbocycles. The summed E-state index contributed by atoms with van der Waals surface area (Å²) in [4.78, 5) is 29.2. The lowest BCUT2D eigenvalue weighted by Gasteiger charge is -2.32. The second-order valence-corrected chi connectivity index (χ2v) is 9.25. The van der Waals surface area contributed by atoms with Crippen molar-refractivity contribution in [1.82, 2.24) is 25.2 Å². The number of aromatic nitrogens is 3. The van der Waals surface area contributed by atoms with Gasteiger partial charge in [-0.2, -0.15) is 0 Å². The zero-order valence-electron chi connectivity index (χ0n) is 20.7. The highest BCUT2D eigenvalue weighted by molar-refractivity contribution is 5.89. The number of carbonyl (C=O) groups is 2. The standard InChI is InChI=1S/C29H31N5O3/c35-27(21-34-26-16-8-7-15-25(26)31-32-34)33(18-17-22-10-3-1-4-11-22)28(23-12-5-2-6-13-23)29(36)30-20-24-14-9-19-37-24/h1-8,10-13,15-16,24,28H,9,14,17-21H2,(H,30,36)/t24-,28-/m1/s1. The van der Waals surface area contributed by atoms with Gasteiger partial charge >= 0.3 is 0 Å². The van der Waals surface area contributed by atoms with Crippen molar-refractivity contribution < 1.29 is 14.3 Å². The molecule has 2 amide bonds. The summed E-state index contributed by atoms with van der Waals surface area (Å²) in [6.45, 7) is 1.51. The monoisotopic (exact) mass is 497 g/mol. The fourth-order valence-electron chi connectivity index (χ4n) is 4.77. The zero-order chi connectivity index (χ0) is 25.5. The van der Waals surface area contributed by atoms with Crippen molar-refractivity contribution in [2.45, 2.75) is 38.0 Å². The molecule has 5 rings (SSSR count). The average molecular weight is 498 g/mol. The first-order valence-electron chi connectivity index (χ1n) is 12.7. The first-order valence-corrected chi connectivity index (χ1v) is 12.7. The Balaban J connectivity index is 1.44. The summed E-state index contributed by atoms with van der Waals surface area (Å²) < 4.78 is 7.30. The molecule has 1 aromatic heterocycles. The van der Waals surface area contributed by atoms with Gasteiger partial charge in [-0.3, -0.25) is 9.59 Å². The van der Waals surface area contributed by atoms with Crippen molar-refractivity contribution in [3.63, 3.8) is 0 Å². The van der Waals surface area contributed by atoms with Gasteiger partial charge in [-0.1, -0.05) is 78.0 Å². The summed E-state index contributed by atoms with van der Waals surface area (Å²) in [6, 6.07) is 26.2. The molecule has 1 aliphatic rings. The van der Waals surface area contributed by atoms with Gasteiger partial charge in [0.05, 0.1) is 11.6 Å². The second-order valence-electron chi connectivity index (χ2n) is 9.25. The van der Waals surface area contributed by atoms with Crippen LogP contribution in [-0.2, 0) is 27.3 Å². The van der Waals surface area contributed by atoms with E-state index in [1.807, 2.05) is 84.9 Å². The van der Waals surface area contributed by atoms with Gasteiger partial charge in [0.15, 0.2) is 0 Å². The molecule has 0 saturated carbocycles. The highest BCUT2D eigenvalue weighted by atomic mass is 16.5. The molecule has 8 heteroatoms. The number of para-hydroxylation sites is 1. The molecule has 0 radical (unpaired) electrons. The fourth-order valence-corrected chi connectivity index (χ4v) is 4.77. The summed E-state index contributed by atoms with van der Waals surface area (Å²) in [5.41, 5.74) is 3.35. The number of hydrogen-bond acceptors (Lipinski definition) is 5. The Morgan fingerprint density at radius 3 is 2.49 bits per heavy atom. The van der Waals surface area contributed by atoms with E-state index in [0.717, 1.165) is 41.6 Å². The van der Waals surface area contributed by atoms with E-state index >= 15 is 0 Å². The first kappa shape index (κ1) is 24.6. The van der Waals surface area contributed by atoms with E-state index in [2.05, 4.69) is 15.6 Å². The molecule has 2 heterocycles. The molecule has 190 valence electrons. The lowest BCUT2D eigenvalue weighted by molar-refractivity contribution is -0.141. The molecule has 0 unspecified atom stereocenters. The van der Waals surface area contributed by atoms with Crippen LogP contribution in [0.1, 0.15) is 30.0 Å². The van der Waals surface area contributed by atoms with Crippen LogP contribution in [0.15, 0.2) is 84.9 Å². The van der Waals surface area contributed by atoms with Gasteiger partial charge in [0, 0.05) is 19.7 Å². The maximum absolute atomic E-state index is 13.9. The molecule has 8 nitrogen and oxygen atoms in total. The minimum Gasteiger partial charge on any atom is -0.376 e. The molecule has 3 aromatic carbocycles. The van der Waals surface area contributed by atoms with Crippen LogP contribution in [0.2, 0.25) is 0 Å². The Bertz CT molecular complexity index is 1320. The minimum absolute atomic E-state index is 0.00959. The third kappa shape index (κ3) is 6.03. The molecular formula is C29H31N5O3. The van der Waals surface area contributed by atoms with E-state index < -0.39 is 6.04 Å². The van der Waals surface area contributed by atoms with E-state index in [9.17, 15) is 9.59 Å². The van der Waals surface area contributed by atoms with E-state index in [1.54, 1.807) is 9.58 Å². The number of amides is 2. The smallest absolute Gasteiger partial charge is 0.247 e. The average Bonchev–Trinajstić information content (AvgIpc) is 3.61. The van der Waals surface area contributed by atoms with Crippen LogP contribution < -0.4 is 5.32 Å². The maximum atomic E-state index is 13.9. The van der Waals surface area contributed by atoms with Gasteiger partial charge in [0.2, 0.25) is 11.8 Å². The van der Waals surface area contributed by atoms with Gasteiger partial charge in [0.1, 0.15) is 18.1 Å². The lowest BCUT2D eigenvalue weighted by atomic mass is 10.0. The van der Waals surface area contributed by atoms with Crippen LogP contribution in [0.25, 0.3) is 11.0 Å². The third-order valence-corrected chi connectivity index (χ3v) is 6.71. The quantitative estimate of drug-likeness (QED) is 0.362. The summed E-state index contributed by atoms with van der Waals surface area (Å²) in [7, 11) is 0. The molecule has 1 aliphatic heterocycles. The topological polar surface area (TPSA) is 89.4 Å². The number of fused-ring (bicyclic) bond motifs is 1. The van der Waals surface area contributed by atoms with Gasteiger partial charge in [-0.25, -0.2) is 4.68 Å². The zero-order valence-corrected chi connectivity index (χ0v) is 20.7. The highest BCUT2D eigenvalue weighted by Gasteiger charge is 2.32. The molecular weight excluding hydrogens is 466 g/mol. The predicted octanol–water partition coefficient (Wildman–Crippen LogP) is 3.54. The highest BCUT2D eigenvalue weighted by Crippen LogP contribution is 2.23. The van der Waals surface area contributed by atoms with Crippen LogP contribution in [0, 0.1) is 0 Å². The maximum Gasteiger partial charge on any atom is 0.247 e. The SMILES string of the molecule is O=C(NC[C@H]1CCCO1)[C@@H](c1ccccc1)N(CCc1ccccc1)C(=O)Cn1nnc2ccccc21. The van der Waals surface area contributed by atoms with Crippen molar-refractivity contribution in [2.75, 3.05) is 19.7 Å². The Morgan fingerprint density at radius 1 is 1.00 bits per heavy atom. The largest absolute Gasteiger partial charge is 0.376 e. The van der Waals surface area contributed by atoms with Crippen LogP contribution >= 0.6 is 0 Å². The Morgan fingerprint density at radius 2 is 1.73 bits per heavy atom. The Hall–Kier alpha value is -4.04. The molecule has 4 aromatic rings. The lowest BCUT2D eigenvalue weighted by Crippen LogP contribution is -2.47. The number of nitrogens with one attached hydrogen (secondary N) is 1. The van der Waals surface area contributed by atoms with E-state index in [4.69, 9.17) is 4.74 Å². The molecule has 2 atom stereocenters. The van der Waals surface area contributed by atoms with E-state index in [1.165, 1.54) is 0 Å². The van der Waals surface area contributed by atoms with Gasteiger partial charge in [0.25, 0.3) is 0 Å². The number of ether oxygens (including phenoxy) is 1. The fraction of sp³-hybridized carbons (Fsp3) is 0.310. The number of hydrogen-bond donors (Lipinski definition) is 1. The van der Waals surface area contributed by atoms with E-state index in [0.29, 0.717) is 19.5 Å². The van der Waals surface area contributed by atoms with Crippen LogP contribution in [-0.4, -0.2) is 57.5 Å². The summed E-state index contributed by atoms with van der Waals surface area (Å²) in [5, 5.41) is 11.4.